The van der Waals surface area contributed by atoms with Crippen LogP contribution in [-0.2, 0) is 19.1 Å². The molecule has 2 amide bonds. The van der Waals surface area contributed by atoms with Crippen LogP contribution < -0.4 is 11.1 Å². The van der Waals surface area contributed by atoms with Crippen molar-refractivity contribution in [3.63, 3.8) is 0 Å². The van der Waals surface area contributed by atoms with Crippen molar-refractivity contribution >= 4 is 33.9 Å². The average Bonchev–Trinajstić information content (AvgIpc) is 3.59. The highest BCUT2D eigenvalue weighted by Gasteiger charge is 2.41. The Morgan fingerprint density at radius 3 is 2.57 bits per heavy atom. The van der Waals surface area contributed by atoms with Crippen LogP contribution in [0.5, 0.6) is 0 Å². The van der Waals surface area contributed by atoms with Crippen LogP contribution in [0.4, 0.5) is 17.6 Å². The number of hydrogen-bond acceptors (Lipinski definition) is 6. The largest absolute Gasteiger partial charge is 0.433 e. The van der Waals surface area contributed by atoms with Gasteiger partial charge in [-0.2, -0.15) is 13.2 Å². The van der Waals surface area contributed by atoms with Gasteiger partial charge in [-0.05, 0) is 107 Å². The van der Waals surface area contributed by atoms with Crippen molar-refractivity contribution in [3.05, 3.63) is 76.5 Å². The van der Waals surface area contributed by atoms with E-state index in [0.717, 1.165) is 49.3 Å². The first-order chi connectivity index (χ1) is 25.4. The van der Waals surface area contributed by atoms with Gasteiger partial charge in [-0.25, -0.2) is 19.3 Å². The number of aromatic nitrogens is 5. The highest BCUT2D eigenvalue weighted by Crippen LogP contribution is 2.44. The number of nitrogens with one attached hydrogen (secondary N) is 1. The summed E-state index contributed by atoms with van der Waals surface area (Å²) in [7, 11) is 0. The Balaban J connectivity index is 1.10. The van der Waals surface area contributed by atoms with Gasteiger partial charge in [0.2, 0.25) is 0 Å². The fraction of sp³-hybridized carbons (Fsp3) is 0.462. The van der Waals surface area contributed by atoms with Crippen molar-refractivity contribution in [2.75, 3.05) is 6.54 Å². The molecule has 2 aliphatic carbocycles. The first kappa shape index (κ1) is 34.0. The van der Waals surface area contributed by atoms with E-state index in [2.05, 4.69) is 14.9 Å². The van der Waals surface area contributed by atoms with Gasteiger partial charge in [-0.1, -0.05) is 6.42 Å². The lowest BCUT2D eigenvalue weighted by Crippen LogP contribution is -2.51. The van der Waals surface area contributed by atoms with Gasteiger partial charge in [0.1, 0.15) is 22.7 Å². The minimum Gasteiger partial charge on any atom is -0.344 e. The van der Waals surface area contributed by atoms with E-state index in [-0.39, 0.29) is 47.3 Å². The molecule has 14 heteroatoms. The number of likely N-dealkylation sites (tertiary alicyclic amines) is 1. The predicted molar refractivity (Wildman–Crippen MR) is 190 cm³/mol. The van der Waals surface area contributed by atoms with E-state index in [1.807, 2.05) is 27.7 Å². The normalized spacial score (nSPS) is 23.7. The molecule has 276 valence electrons. The summed E-state index contributed by atoms with van der Waals surface area (Å²) >= 11 is 0. The van der Waals surface area contributed by atoms with E-state index in [1.54, 1.807) is 13.0 Å². The van der Waals surface area contributed by atoms with Crippen LogP contribution in [-0.4, -0.2) is 59.4 Å². The number of rotatable bonds is 3. The molecule has 4 atom stereocenters. The minimum absolute atomic E-state index is 0.0544. The predicted octanol–water partition coefficient (Wildman–Crippen LogP) is 7.11. The number of aryl methyl sites for hydroxylation is 2. The smallest absolute Gasteiger partial charge is 0.344 e. The van der Waals surface area contributed by atoms with Crippen LogP contribution in [0, 0.1) is 11.7 Å². The van der Waals surface area contributed by atoms with Crippen LogP contribution in [0.1, 0.15) is 108 Å². The molecule has 6 heterocycles. The van der Waals surface area contributed by atoms with Crippen molar-refractivity contribution in [2.24, 2.45) is 11.7 Å². The van der Waals surface area contributed by atoms with E-state index < -0.39 is 29.6 Å². The zero-order valence-electron chi connectivity index (χ0n) is 29.3. The molecule has 2 aliphatic heterocycles. The molecule has 5 aromatic rings. The van der Waals surface area contributed by atoms with Crippen molar-refractivity contribution in [3.8, 4) is 11.5 Å². The maximum atomic E-state index is 16.3. The molecule has 10 nitrogen and oxygen atoms in total. The summed E-state index contributed by atoms with van der Waals surface area (Å²) in [6.45, 7) is 2.77. The summed E-state index contributed by atoms with van der Waals surface area (Å²) in [6.07, 6.45) is 1.95. The Morgan fingerprint density at radius 1 is 0.962 bits per heavy atom. The second kappa shape index (κ2) is 12.6. The fourth-order valence-corrected chi connectivity index (χ4v) is 8.72. The van der Waals surface area contributed by atoms with Crippen molar-refractivity contribution in [2.45, 2.75) is 102 Å². The molecule has 0 spiro atoms. The topological polar surface area (TPSA) is 124 Å². The third kappa shape index (κ3) is 5.95. The fourth-order valence-electron chi connectivity index (χ4n) is 8.72. The average molecular weight is 729 g/mol. The number of alkyl halides is 3. The number of carbonyl (C=O) groups excluding carboxylic acids is 2. The number of nitrogens with two attached hydrogens (primary N) is 1. The first-order valence-corrected chi connectivity index (χ1v) is 18.6. The van der Waals surface area contributed by atoms with Gasteiger partial charge in [-0.15, -0.1) is 0 Å². The van der Waals surface area contributed by atoms with E-state index in [0.29, 0.717) is 66.5 Å². The number of amides is 2. The molecule has 0 radical (unpaired) electrons. The molecule has 4 aliphatic rings. The number of benzene rings is 1. The van der Waals surface area contributed by atoms with Crippen molar-refractivity contribution < 1.29 is 27.2 Å². The standard InChI is InChI=1S/C39H40F4N8O2/c1-20-29-12-7-22-18-32(49(35(22)47-29)14-4-2-3-5-30-26(37(52)45-20)11-13-33(46-30)39(41,42)43)36-48-31-17-23(16-27(40)34(31)51(36)24-9-10-24)38(53)50-19-28(44)21-6-8-25(50)15-21/h7,11-13,16-18,20-21,24-25,28H,2-6,8-10,14-15,19,44H2,1H3,(H,45,52)/t20-,21-,25+,28+/m1/s1. The minimum atomic E-state index is -4.63. The Bertz CT molecular complexity index is 2290. The van der Waals surface area contributed by atoms with Crippen LogP contribution in [0.15, 0.2) is 42.5 Å². The summed E-state index contributed by atoms with van der Waals surface area (Å²) in [4.78, 5) is 43.0. The summed E-state index contributed by atoms with van der Waals surface area (Å²) in [5.41, 5.74) is 8.67. The zero-order valence-corrected chi connectivity index (χ0v) is 29.3. The molecule has 53 heavy (non-hydrogen) atoms. The van der Waals surface area contributed by atoms with Crippen molar-refractivity contribution in [1.29, 1.82) is 0 Å². The number of hydrogen-bond donors (Lipinski definition) is 2. The highest BCUT2D eigenvalue weighted by molar-refractivity contribution is 5.99. The summed E-state index contributed by atoms with van der Waals surface area (Å²) in [5.74, 6) is -0.216. The molecule has 1 saturated heterocycles. The number of nitrogens with zero attached hydrogens (tertiary/aromatic N) is 6. The van der Waals surface area contributed by atoms with E-state index in [1.165, 1.54) is 12.1 Å². The number of imidazole rings is 1. The Labute approximate surface area is 302 Å². The molecule has 2 saturated carbocycles. The molecular weight excluding hydrogens is 688 g/mol. The van der Waals surface area contributed by atoms with Gasteiger partial charge in [-0.3, -0.25) is 9.59 Å². The monoisotopic (exact) mass is 728 g/mol. The first-order valence-electron chi connectivity index (χ1n) is 18.6. The highest BCUT2D eigenvalue weighted by atomic mass is 19.4. The Hall–Kier alpha value is -4.85. The third-order valence-electron chi connectivity index (χ3n) is 11.6. The molecule has 4 bridgehead atoms. The molecule has 0 unspecified atom stereocenters. The van der Waals surface area contributed by atoms with Gasteiger partial charge >= 0.3 is 6.18 Å². The van der Waals surface area contributed by atoms with E-state index in [4.69, 9.17) is 15.7 Å². The van der Waals surface area contributed by atoms with E-state index in [9.17, 15) is 22.8 Å². The van der Waals surface area contributed by atoms with Gasteiger partial charge in [0.25, 0.3) is 11.8 Å². The molecule has 3 fully saturated rings. The molecular formula is C39H40F4N8O2. The maximum absolute atomic E-state index is 16.3. The summed E-state index contributed by atoms with van der Waals surface area (Å²) in [6, 6.07) is 10.4. The second-order valence-corrected chi connectivity index (χ2v) is 15.2. The molecule has 9 rings (SSSR count). The molecule has 1 aromatic carbocycles. The zero-order chi connectivity index (χ0) is 36.8. The summed E-state index contributed by atoms with van der Waals surface area (Å²) in [5, 5.41) is 3.76. The number of carbonyl (C=O) groups is 2. The lowest BCUT2D eigenvalue weighted by Gasteiger charge is -2.37. The second-order valence-electron chi connectivity index (χ2n) is 15.2. The lowest BCUT2D eigenvalue weighted by molar-refractivity contribution is -0.141. The SMILES string of the molecule is C[C@H]1NC(=O)c2ccc(C(F)(F)F)nc2CCCCCn2c(-c3nc4cc(C(=O)N5C[C@H](N)[C@@H]6CC[C@H]5C6)cc(F)c4n3C3CC3)cc3ccc1nc32. The van der Waals surface area contributed by atoms with Crippen LogP contribution in [0.2, 0.25) is 0 Å². The van der Waals surface area contributed by atoms with Crippen LogP contribution >= 0.6 is 0 Å². The van der Waals surface area contributed by atoms with Gasteiger partial charge in [0, 0.05) is 42.2 Å². The summed E-state index contributed by atoms with van der Waals surface area (Å²) < 4.78 is 61.0. The number of pyridine rings is 2. The van der Waals surface area contributed by atoms with Crippen LogP contribution in [0.3, 0.4) is 0 Å². The van der Waals surface area contributed by atoms with Gasteiger partial charge in [0.15, 0.2) is 5.82 Å². The van der Waals surface area contributed by atoms with Crippen molar-refractivity contribution in [1.82, 2.24) is 34.3 Å². The number of fused-ring (bicyclic) bond motifs is 5. The lowest BCUT2D eigenvalue weighted by atomic mass is 9.94. The quantitative estimate of drug-likeness (QED) is 0.191. The number of piperidine rings is 1. The Morgan fingerprint density at radius 2 is 1.77 bits per heavy atom. The van der Waals surface area contributed by atoms with E-state index >= 15 is 4.39 Å². The third-order valence-corrected chi connectivity index (χ3v) is 11.6. The molecule has 3 N–H and O–H groups in total. The number of halogens is 4. The maximum Gasteiger partial charge on any atom is 0.433 e. The van der Waals surface area contributed by atoms with Crippen LogP contribution in [0.25, 0.3) is 33.6 Å². The van der Waals surface area contributed by atoms with Gasteiger partial charge < -0.3 is 25.1 Å². The molecule has 4 aromatic heterocycles. The van der Waals surface area contributed by atoms with Gasteiger partial charge in [0.05, 0.1) is 34.2 Å². The Kier molecular flexibility index (Phi) is 8.09.